The molecule has 84 valence electrons. The van der Waals surface area contributed by atoms with Gasteiger partial charge in [0.15, 0.2) is 0 Å². The van der Waals surface area contributed by atoms with E-state index in [1.807, 2.05) is 13.8 Å². The van der Waals surface area contributed by atoms with Crippen LogP contribution in [0.3, 0.4) is 0 Å². The maximum atomic E-state index is 8.82. The molecule has 0 aromatic carbocycles. The largest absolute Gasteiger partial charge is 0.396 e. The zero-order chi connectivity index (χ0) is 11.4. The lowest BCUT2D eigenvalue weighted by atomic mass is 10.3. The van der Waals surface area contributed by atoms with Gasteiger partial charge in [-0.15, -0.1) is 11.8 Å². The third-order valence-corrected chi connectivity index (χ3v) is 3.63. The Kier molecular flexibility index (Phi) is 4.83. The Bertz CT molecular complexity index is 346. The van der Waals surface area contributed by atoms with Gasteiger partial charge < -0.3 is 5.11 Å². The lowest BCUT2D eigenvalue weighted by Crippen LogP contribution is -2.02. The number of aliphatic hydroxyl groups excluding tert-OH is 1. The molecule has 0 aliphatic carbocycles. The molecule has 0 spiro atoms. The van der Waals surface area contributed by atoms with Crippen LogP contribution in [0.15, 0.2) is 5.03 Å². The Hall–Kier alpha value is -0.320. The molecule has 0 fully saturated rings. The average Bonchev–Trinajstić information content (AvgIpc) is 2.13. The summed E-state index contributed by atoms with van der Waals surface area (Å²) in [6.45, 7) is 6.00. The molecule has 0 amide bonds. The zero-order valence-corrected chi connectivity index (χ0v) is 10.7. The van der Waals surface area contributed by atoms with Gasteiger partial charge in [-0.2, -0.15) is 0 Å². The van der Waals surface area contributed by atoms with Gasteiger partial charge in [-0.1, -0.05) is 18.5 Å². The van der Waals surface area contributed by atoms with Gasteiger partial charge in [0, 0.05) is 17.4 Å². The smallest absolute Gasteiger partial charge is 0.136 e. The zero-order valence-electron chi connectivity index (χ0n) is 9.12. The van der Waals surface area contributed by atoms with E-state index in [-0.39, 0.29) is 6.61 Å². The highest BCUT2D eigenvalue weighted by atomic mass is 35.5. The van der Waals surface area contributed by atoms with Crippen LogP contribution in [0, 0.1) is 13.8 Å². The first-order chi connectivity index (χ1) is 7.04. The average molecular weight is 247 g/mol. The van der Waals surface area contributed by atoms with Crippen LogP contribution in [0.1, 0.15) is 24.7 Å². The lowest BCUT2D eigenvalue weighted by molar-refractivity contribution is 0.289. The molecule has 15 heavy (non-hydrogen) atoms. The van der Waals surface area contributed by atoms with Crippen molar-refractivity contribution in [3.8, 4) is 0 Å². The molecule has 1 atom stereocenters. The molecular weight excluding hydrogens is 232 g/mol. The maximum Gasteiger partial charge on any atom is 0.136 e. The SMILES string of the molecule is Cc1nc(Cl)c(C)c(SC(C)CCO)n1. The van der Waals surface area contributed by atoms with Crippen LogP contribution >= 0.6 is 23.4 Å². The number of halogens is 1. The minimum Gasteiger partial charge on any atom is -0.396 e. The molecule has 1 unspecified atom stereocenters. The standard InChI is InChI=1S/C10H15ClN2OS/c1-6(4-5-14)15-10-7(2)9(11)12-8(3)13-10/h6,14H,4-5H2,1-3H3. The maximum absolute atomic E-state index is 8.82. The van der Waals surface area contributed by atoms with Gasteiger partial charge in [-0.25, -0.2) is 9.97 Å². The molecule has 1 aromatic rings. The van der Waals surface area contributed by atoms with Crippen LogP contribution in [0.2, 0.25) is 5.15 Å². The van der Waals surface area contributed by atoms with Crippen LogP contribution in [0.25, 0.3) is 0 Å². The first kappa shape index (κ1) is 12.7. The van der Waals surface area contributed by atoms with Crippen LogP contribution in [-0.4, -0.2) is 26.9 Å². The van der Waals surface area contributed by atoms with Crippen molar-refractivity contribution in [1.29, 1.82) is 0 Å². The van der Waals surface area contributed by atoms with Crippen LogP contribution in [-0.2, 0) is 0 Å². The first-order valence-electron chi connectivity index (χ1n) is 4.83. The summed E-state index contributed by atoms with van der Waals surface area (Å²) in [5.41, 5.74) is 0.914. The molecule has 0 aliphatic rings. The number of aromatic nitrogens is 2. The van der Waals surface area contributed by atoms with E-state index in [0.717, 1.165) is 17.0 Å². The van der Waals surface area contributed by atoms with Gasteiger partial charge in [0.25, 0.3) is 0 Å². The summed E-state index contributed by atoms with van der Waals surface area (Å²) in [5, 5.41) is 10.6. The Morgan fingerprint density at radius 3 is 2.67 bits per heavy atom. The minimum atomic E-state index is 0.199. The predicted octanol–water partition coefficient (Wildman–Crippen LogP) is 2.61. The second-order valence-electron chi connectivity index (χ2n) is 3.43. The van der Waals surface area contributed by atoms with Crippen molar-refractivity contribution >= 4 is 23.4 Å². The topological polar surface area (TPSA) is 46.0 Å². The van der Waals surface area contributed by atoms with Gasteiger partial charge in [-0.05, 0) is 20.3 Å². The van der Waals surface area contributed by atoms with Gasteiger partial charge in [0.1, 0.15) is 16.0 Å². The summed E-state index contributed by atoms with van der Waals surface area (Å²) in [4.78, 5) is 8.42. The van der Waals surface area contributed by atoms with Crippen LogP contribution in [0.5, 0.6) is 0 Å². The van der Waals surface area contributed by atoms with Crippen molar-refractivity contribution in [2.45, 2.75) is 37.5 Å². The molecule has 1 heterocycles. The molecule has 5 heteroatoms. The Labute approximate surface area is 99.3 Å². The van der Waals surface area contributed by atoms with Crippen molar-refractivity contribution in [2.75, 3.05) is 6.61 Å². The molecule has 1 N–H and O–H groups in total. The van der Waals surface area contributed by atoms with E-state index < -0.39 is 0 Å². The highest BCUT2D eigenvalue weighted by molar-refractivity contribution is 7.99. The molecule has 0 saturated heterocycles. The molecule has 0 bridgehead atoms. The molecule has 0 radical (unpaired) electrons. The van der Waals surface area contributed by atoms with E-state index in [2.05, 4.69) is 16.9 Å². The van der Waals surface area contributed by atoms with Crippen molar-refractivity contribution in [3.05, 3.63) is 16.5 Å². The Morgan fingerprint density at radius 2 is 2.07 bits per heavy atom. The number of rotatable bonds is 4. The summed E-state index contributed by atoms with van der Waals surface area (Å²) in [6.07, 6.45) is 0.755. The summed E-state index contributed by atoms with van der Waals surface area (Å²) in [5.74, 6) is 0.685. The van der Waals surface area contributed by atoms with Crippen LogP contribution in [0.4, 0.5) is 0 Å². The summed E-state index contributed by atoms with van der Waals surface area (Å²) < 4.78 is 0. The van der Waals surface area contributed by atoms with Crippen molar-refractivity contribution in [1.82, 2.24) is 9.97 Å². The van der Waals surface area contributed by atoms with Crippen molar-refractivity contribution < 1.29 is 5.11 Å². The summed E-state index contributed by atoms with van der Waals surface area (Å²) >= 11 is 7.59. The minimum absolute atomic E-state index is 0.199. The van der Waals surface area contributed by atoms with Crippen molar-refractivity contribution in [3.63, 3.8) is 0 Å². The van der Waals surface area contributed by atoms with E-state index in [1.165, 1.54) is 0 Å². The number of thioether (sulfide) groups is 1. The molecule has 3 nitrogen and oxygen atoms in total. The highest BCUT2D eigenvalue weighted by Gasteiger charge is 2.11. The van der Waals surface area contributed by atoms with Gasteiger partial charge in [-0.3, -0.25) is 0 Å². The Balaban J connectivity index is 2.84. The van der Waals surface area contributed by atoms with Crippen molar-refractivity contribution in [2.24, 2.45) is 0 Å². The fourth-order valence-electron chi connectivity index (χ4n) is 1.12. The molecule has 1 rings (SSSR count). The first-order valence-corrected chi connectivity index (χ1v) is 6.08. The number of hydrogen-bond acceptors (Lipinski definition) is 4. The second-order valence-corrected chi connectivity index (χ2v) is 5.22. The third-order valence-electron chi connectivity index (χ3n) is 2.00. The molecular formula is C10H15ClN2OS. The van der Waals surface area contributed by atoms with E-state index in [1.54, 1.807) is 11.8 Å². The number of hydrogen-bond donors (Lipinski definition) is 1. The second kappa shape index (κ2) is 5.68. The van der Waals surface area contributed by atoms with Gasteiger partial charge in [0.05, 0.1) is 0 Å². The normalized spacial score (nSPS) is 12.9. The van der Waals surface area contributed by atoms with Crippen LogP contribution < -0.4 is 0 Å². The Morgan fingerprint density at radius 1 is 1.40 bits per heavy atom. The molecule has 0 aliphatic heterocycles. The summed E-state index contributed by atoms with van der Waals surface area (Å²) in [7, 11) is 0. The van der Waals surface area contributed by atoms with E-state index in [9.17, 15) is 0 Å². The molecule has 0 saturated carbocycles. The van der Waals surface area contributed by atoms with Gasteiger partial charge >= 0.3 is 0 Å². The fraction of sp³-hybridized carbons (Fsp3) is 0.600. The van der Waals surface area contributed by atoms with Gasteiger partial charge in [0.2, 0.25) is 0 Å². The number of aryl methyl sites for hydroxylation is 1. The fourth-order valence-corrected chi connectivity index (χ4v) is 2.45. The predicted molar refractivity (Wildman–Crippen MR) is 63.5 cm³/mol. The number of aliphatic hydroxyl groups is 1. The van der Waals surface area contributed by atoms with E-state index >= 15 is 0 Å². The summed E-state index contributed by atoms with van der Waals surface area (Å²) in [6, 6.07) is 0. The quantitative estimate of drug-likeness (QED) is 0.655. The third kappa shape index (κ3) is 3.63. The number of nitrogens with zero attached hydrogens (tertiary/aromatic N) is 2. The highest BCUT2D eigenvalue weighted by Crippen LogP contribution is 2.29. The van der Waals surface area contributed by atoms with E-state index in [4.69, 9.17) is 16.7 Å². The lowest BCUT2D eigenvalue weighted by Gasteiger charge is -2.11. The monoisotopic (exact) mass is 246 g/mol. The molecule has 1 aromatic heterocycles. The van der Waals surface area contributed by atoms with E-state index in [0.29, 0.717) is 16.2 Å².